The lowest BCUT2D eigenvalue weighted by atomic mass is 10.2. The largest absolute Gasteiger partial charge is 0.501 e. The Hall–Kier alpha value is -1.35. The highest BCUT2D eigenvalue weighted by molar-refractivity contribution is 7.92. The summed E-state index contributed by atoms with van der Waals surface area (Å²) in [5.74, 6) is -1.05. The van der Waals surface area contributed by atoms with Crippen LogP contribution in [-0.4, -0.2) is 45.5 Å². The van der Waals surface area contributed by atoms with Crippen LogP contribution in [0.5, 0.6) is 0 Å². The summed E-state index contributed by atoms with van der Waals surface area (Å²) in [6.45, 7) is 2.01. The number of hydrogen-bond acceptors (Lipinski definition) is 4. The third-order valence-corrected chi connectivity index (χ3v) is 4.53. The van der Waals surface area contributed by atoms with E-state index in [2.05, 4.69) is 5.32 Å². The van der Waals surface area contributed by atoms with Crippen molar-refractivity contribution in [3.05, 3.63) is 24.0 Å². The Morgan fingerprint density at radius 1 is 1.29 bits per heavy atom. The molecule has 0 amide bonds. The molecule has 4 nitrogen and oxygen atoms in total. The molecule has 21 heavy (non-hydrogen) atoms. The number of nitrogens with zero attached hydrogens (tertiary/aromatic N) is 1. The highest BCUT2D eigenvalue weighted by Gasteiger charge is 2.48. The second kappa shape index (κ2) is 6.18. The van der Waals surface area contributed by atoms with Crippen molar-refractivity contribution in [3.8, 4) is 0 Å². The molecule has 0 fully saturated rings. The van der Waals surface area contributed by atoms with E-state index < -0.39 is 26.1 Å². The van der Waals surface area contributed by atoms with Gasteiger partial charge in [0.1, 0.15) is 10.7 Å². The summed E-state index contributed by atoms with van der Waals surface area (Å²) in [6, 6.07) is 2.19. The number of anilines is 1. The van der Waals surface area contributed by atoms with Crippen LogP contribution in [0.25, 0.3) is 0 Å². The highest BCUT2D eigenvalue weighted by Crippen LogP contribution is 2.34. The number of rotatable bonds is 5. The van der Waals surface area contributed by atoms with Gasteiger partial charge in [-0.05, 0) is 39.2 Å². The van der Waals surface area contributed by atoms with Crippen molar-refractivity contribution in [1.82, 2.24) is 4.90 Å². The maximum atomic E-state index is 13.1. The van der Waals surface area contributed by atoms with Crippen LogP contribution in [0.2, 0.25) is 0 Å². The van der Waals surface area contributed by atoms with Crippen molar-refractivity contribution in [3.63, 3.8) is 0 Å². The Balaban J connectivity index is 3.18. The van der Waals surface area contributed by atoms with Gasteiger partial charge in [-0.15, -0.1) is 0 Å². The number of alkyl halides is 3. The van der Waals surface area contributed by atoms with E-state index in [9.17, 15) is 26.0 Å². The van der Waals surface area contributed by atoms with Crippen molar-refractivity contribution in [1.29, 1.82) is 0 Å². The third-order valence-electron chi connectivity index (χ3n) is 3.01. The van der Waals surface area contributed by atoms with Gasteiger partial charge in [-0.2, -0.15) is 13.2 Å². The molecule has 1 unspecified atom stereocenters. The fourth-order valence-corrected chi connectivity index (χ4v) is 2.38. The number of sulfone groups is 1. The Bertz CT molecular complexity index is 600. The molecule has 1 N–H and O–H groups in total. The molecule has 0 aliphatic rings. The molecule has 0 saturated heterocycles. The Labute approximate surface area is 120 Å². The van der Waals surface area contributed by atoms with E-state index in [0.29, 0.717) is 6.07 Å². The number of nitrogens with one attached hydrogen (secondary N) is 1. The van der Waals surface area contributed by atoms with Gasteiger partial charge in [0.05, 0.1) is 5.69 Å². The number of likely N-dealkylation sites (N-methyl/N-ethyl adjacent to an activating group) is 1. The number of benzene rings is 1. The van der Waals surface area contributed by atoms with Crippen molar-refractivity contribution < 1.29 is 26.0 Å². The minimum absolute atomic E-state index is 0.0588. The minimum Gasteiger partial charge on any atom is -0.382 e. The van der Waals surface area contributed by atoms with Crippen LogP contribution in [-0.2, 0) is 9.84 Å². The van der Waals surface area contributed by atoms with Gasteiger partial charge in [-0.3, -0.25) is 0 Å². The standard InChI is InChI=1S/C12H16F4N2O2S/c1-8(18(2)3)7-17-10-5-4-9(13)6-11(10)21(19,20)12(14,15)16/h4-6,8,17H,7H2,1-3H3. The Kier molecular flexibility index (Phi) is 5.21. The van der Waals surface area contributed by atoms with Crippen molar-refractivity contribution in [2.45, 2.75) is 23.4 Å². The quantitative estimate of drug-likeness (QED) is 0.844. The van der Waals surface area contributed by atoms with Crippen LogP contribution in [0.3, 0.4) is 0 Å². The molecule has 0 heterocycles. The summed E-state index contributed by atoms with van der Waals surface area (Å²) in [5, 5.41) is 2.61. The van der Waals surface area contributed by atoms with E-state index in [1.807, 2.05) is 0 Å². The van der Waals surface area contributed by atoms with Gasteiger partial charge in [-0.25, -0.2) is 12.8 Å². The van der Waals surface area contributed by atoms with Crippen molar-refractivity contribution in [2.24, 2.45) is 0 Å². The first-order chi connectivity index (χ1) is 9.46. The average molecular weight is 328 g/mol. The molecule has 120 valence electrons. The van der Waals surface area contributed by atoms with E-state index in [-0.39, 0.29) is 18.3 Å². The first-order valence-corrected chi connectivity index (χ1v) is 7.46. The lowest BCUT2D eigenvalue weighted by Crippen LogP contribution is -2.32. The molecule has 0 bridgehead atoms. The molecular weight excluding hydrogens is 312 g/mol. The van der Waals surface area contributed by atoms with E-state index in [0.717, 1.165) is 12.1 Å². The predicted octanol–water partition coefficient (Wildman–Crippen LogP) is 2.48. The Morgan fingerprint density at radius 3 is 2.33 bits per heavy atom. The summed E-state index contributed by atoms with van der Waals surface area (Å²) in [4.78, 5) is 0.690. The average Bonchev–Trinajstić information content (AvgIpc) is 2.35. The summed E-state index contributed by atoms with van der Waals surface area (Å²) in [6.07, 6.45) is 0. The van der Waals surface area contributed by atoms with Gasteiger partial charge in [0.25, 0.3) is 9.84 Å². The topological polar surface area (TPSA) is 49.4 Å². The molecule has 0 aliphatic carbocycles. The van der Waals surface area contributed by atoms with Crippen LogP contribution < -0.4 is 5.32 Å². The smallest absolute Gasteiger partial charge is 0.382 e. The van der Waals surface area contributed by atoms with Gasteiger partial charge < -0.3 is 10.2 Å². The normalized spacial score (nSPS) is 14.3. The molecule has 9 heteroatoms. The van der Waals surface area contributed by atoms with Gasteiger partial charge in [0, 0.05) is 12.6 Å². The second-order valence-electron chi connectivity index (χ2n) is 4.78. The number of halogens is 4. The fraction of sp³-hybridized carbons (Fsp3) is 0.500. The van der Waals surface area contributed by atoms with Crippen LogP contribution in [0.1, 0.15) is 6.92 Å². The summed E-state index contributed by atoms with van der Waals surface area (Å²) >= 11 is 0. The summed E-state index contributed by atoms with van der Waals surface area (Å²) in [7, 11) is -2.08. The summed E-state index contributed by atoms with van der Waals surface area (Å²) < 4.78 is 73.9. The third kappa shape index (κ3) is 4.07. The zero-order chi connectivity index (χ0) is 16.4. The molecule has 1 aromatic carbocycles. The van der Waals surface area contributed by atoms with Crippen molar-refractivity contribution in [2.75, 3.05) is 26.0 Å². The van der Waals surface area contributed by atoms with Crippen LogP contribution in [0.4, 0.5) is 23.2 Å². The maximum Gasteiger partial charge on any atom is 0.501 e. The molecule has 0 saturated carbocycles. The van der Waals surface area contributed by atoms with Gasteiger partial charge in [0.2, 0.25) is 0 Å². The van der Waals surface area contributed by atoms with Crippen LogP contribution >= 0.6 is 0 Å². The first kappa shape index (κ1) is 17.7. The SMILES string of the molecule is CC(CNc1ccc(F)cc1S(=O)(=O)C(F)(F)F)N(C)C. The van der Waals surface area contributed by atoms with E-state index in [1.54, 1.807) is 25.9 Å². The van der Waals surface area contributed by atoms with Gasteiger partial charge in [0.15, 0.2) is 0 Å². The van der Waals surface area contributed by atoms with Gasteiger partial charge >= 0.3 is 5.51 Å². The Morgan fingerprint density at radius 2 is 1.86 bits per heavy atom. The molecule has 1 aromatic rings. The molecule has 0 spiro atoms. The zero-order valence-electron chi connectivity index (χ0n) is 11.7. The summed E-state index contributed by atoms with van der Waals surface area (Å²) in [5.41, 5.74) is -5.76. The van der Waals surface area contributed by atoms with E-state index in [1.165, 1.54) is 0 Å². The molecule has 1 atom stereocenters. The van der Waals surface area contributed by atoms with E-state index >= 15 is 0 Å². The van der Waals surface area contributed by atoms with E-state index in [4.69, 9.17) is 0 Å². The molecule has 0 radical (unpaired) electrons. The number of hydrogen-bond donors (Lipinski definition) is 1. The minimum atomic E-state index is -5.61. The van der Waals surface area contributed by atoms with Gasteiger partial charge in [-0.1, -0.05) is 0 Å². The lowest BCUT2D eigenvalue weighted by molar-refractivity contribution is -0.0435. The lowest BCUT2D eigenvalue weighted by Gasteiger charge is -2.22. The molecule has 0 aliphatic heterocycles. The first-order valence-electron chi connectivity index (χ1n) is 5.98. The molecule has 0 aromatic heterocycles. The van der Waals surface area contributed by atoms with Crippen LogP contribution in [0.15, 0.2) is 23.1 Å². The molecular formula is C12H16F4N2O2S. The van der Waals surface area contributed by atoms with Crippen LogP contribution in [0, 0.1) is 5.82 Å². The molecule has 1 rings (SSSR count). The van der Waals surface area contributed by atoms with Crippen molar-refractivity contribution >= 4 is 15.5 Å². The predicted molar refractivity (Wildman–Crippen MR) is 71.3 cm³/mol. The maximum absolute atomic E-state index is 13.1. The highest BCUT2D eigenvalue weighted by atomic mass is 32.2. The fourth-order valence-electron chi connectivity index (χ4n) is 1.43. The monoisotopic (exact) mass is 328 g/mol. The second-order valence-corrected chi connectivity index (χ2v) is 6.69. The zero-order valence-corrected chi connectivity index (χ0v) is 12.5.